The molecule has 0 aliphatic carbocycles. The summed E-state index contributed by atoms with van der Waals surface area (Å²) in [5, 5.41) is 0. The van der Waals surface area contributed by atoms with Crippen molar-refractivity contribution < 1.29 is 22.0 Å². The average Bonchev–Trinajstić information content (AvgIpc) is 2.41. The van der Waals surface area contributed by atoms with Gasteiger partial charge in [0.2, 0.25) is 0 Å². The first-order valence-corrected chi connectivity index (χ1v) is 6.73. The van der Waals surface area contributed by atoms with E-state index in [9.17, 15) is 22.0 Å². The van der Waals surface area contributed by atoms with Crippen LogP contribution < -0.4 is 4.90 Å². The van der Waals surface area contributed by atoms with Crippen LogP contribution in [0.15, 0.2) is 12.1 Å². The van der Waals surface area contributed by atoms with E-state index in [1.165, 1.54) is 13.0 Å². The van der Waals surface area contributed by atoms with Crippen LogP contribution in [0.3, 0.4) is 0 Å². The van der Waals surface area contributed by atoms with Gasteiger partial charge in [-0.3, -0.25) is 4.90 Å². The minimum absolute atomic E-state index is 0.0257. The number of nitrogens with zero attached hydrogens (tertiary/aromatic N) is 2. The Balaban J connectivity index is 2.23. The topological polar surface area (TPSA) is 6.48 Å². The summed E-state index contributed by atoms with van der Waals surface area (Å²) in [5.74, 6) is -1.23. The molecule has 0 amide bonds. The van der Waals surface area contributed by atoms with E-state index in [0.717, 1.165) is 6.07 Å². The number of rotatable bonds is 3. The maximum atomic E-state index is 14.1. The van der Waals surface area contributed by atoms with Crippen LogP contribution in [0.1, 0.15) is 11.1 Å². The highest BCUT2D eigenvalue weighted by molar-refractivity contribution is 5.53. The normalized spacial score (nSPS) is 17.3. The van der Waals surface area contributed by atoms with Gasteiger partial charge in [0.15, 0.2) is 5.82 Å². The first-order chi connectivity index (χ1) is 9.82. The fourth-order valence-electron chi connectivity index (χ4n) is 2.52. The van der Waals surface area contributed by atoms with E-state index < -0.39 is 24.2 Å². The molecule has 0 aromatic heterocycles. The number of anilines is 1. The smallest absolute Gasteiger partial charge is 0.367 e. The van der Waals surface area contributed by atoms with Crippen LogP contribution in [0.2, 0.25) is 0 Å². The van der Waals surface area contributed by atoms with Crippen molar-refractivity contribution in [1.82, 2.24) is 4.90 Å². The first kappa shape index (κ1) is 16.0. The molecule has 2 rings (SSSR count). The van der Waals surface area contributed by atoms with E-state index >= 15 is 0 Å². The van der Waals surface area contributed by atoms with Crippen molar-refractivity contribution in [2.24, 2.45) is 0 Å². The van der Waals surface area contributed by atoms with Crippen LogP contribution in [0.5, 0.6) is 0 Å². The van der Waals surface area contributed by atoms with Crippen molar-refractivity contribution >= 4 is 5.69 Å². The minimum Gasteiger partial charge on any atom is -0.367 e. The van der Waals surface area contributed by atoms with E-state index in [1.54, 1.807) is 4.90 Å². The second-order valence-corrected chi connectivity index (χ2v) is 5.16. The largest absolute Gasteiger partial charge is 0.419 e. The number of hydrogen-bond acceptors (Lipinski definition) is 2. The van der Waals surface area contributed by atoms with Crippen molar-refractivity contribution in [3.05, 3.63) is 29.1 Å². The Morgan fingerprint density at radius 3 is 2.24 bits per heavy atom. The molecule has 0 bridgehead atoms. The molecule has 0 saturated carbocycles. The van der Waals surface area contributed by atoms with E-state index in [0.29, 0.717) is 38.3 Å². The lowest BCUT2D eigenvalue weighted by atomic mass is 10.1. The second-order valence-electron chi connectivity index (χ2n) is 5.16. The molecule has 1 aromatic rings. The van der Waals surface area contributed by atoms with Gasteiger partial charge in [0.25, 0.3) is 0 Å². The molecule has 0 N–H and O–H groups in total. The summed E-state index contributed by atoms with van der Waals surface area (Å²) in [6.07, 6.45) is -4.71. The summed E-state index contributed by atoms with van der Waals surface area (Å²) in [7, 11) is 0. The van der Waals surface area contributed by atoms with Crippen molar-refractivity contribution in [2.45, 2.75) is 13.1 Å². The molecule has 1 aliphatic rings. The zero-order chi connectivity index (χ0) is 15.6. The molecule has 7 heteroatoms. The number of benzene rings is 1. The highest BCUT2D eigenvalue weighted by atomic mass is 19.4. The molecule has 118 valence electrons. The Kier molecular flexibility index (Phi) is 4.70. The molecule has 0 spiro atoms. The molecule has 1 saturated heterocycles. The summed E-state index contributed by atoms with van der Waals surface area (Å²) in [6.45, 7) is 3.15. The molecule has 1 aromatic carbocycles. The van der Waals surface area contributed by atoms with Crippen molar-refractivity contribution in [3.63, 3.8) is 0 Å². The highest BCUT2D eigenvalue weighted by Crippen LogP contribution is 2.36. The van der Waals surface area contributed by atoms with E-state index in [1.807, 2.05) is 4.90 Å². The Morgan fingerprint density at radius 1 is 1.10 bits per heavy atom. The molecule has 2 nitrogen and oxygen atoms in total. The maximum absolute atomic E-state index is 14.1. The monoisotopic (exact) mass is 308 g/mol. The van der Waals surface area contributed by atoms with Crippen LogP contribution in [-0.4, -0.2) is 44.3 Å². The first-order valence-electron chi connectivity index (χ1n) is 6.73. The SMILES string of the molecule is Cc1cc(N2CCN(CCF)CC2)c(F)c(C(F)(F)F)c1. The predicted molar refractivity (Wildman–Crippen MR) is 70.8 cm³/mol. The maximum Gasteiger partial charge on any atom is 0.419 e. The fraction of sp³-hybridized carbons (Fsp3) is 0.571. The third-order valence-corrected chi connectivity index (χ3v) is 3.62. The molecular weight excluding hydrogens is 291 g/mol. The van der Waals surface area contributed by atoms with Gasteiger partial charge in [-0.2, -0.15) is 13.2 Å². The molecule has 21 heavy (non-hydrogen) atoms. The summed E-state index contributed by atoms with van der Waals surface area (Å²) >= 11 is 0. The molecule has 1 fully saturated rings. The van der Waals surface area contributed by atoms with E-state index in [2.05, 4.69) is 0 Å². The van der Waals surface area contributed by atoms with Crippen LogP contribution in [0.4, 0.5) is 27.6 Å². The average molecular weight is 308 g/mol. The van der Waals surface area contributed by atoms with Crippen LogP contribution >= 0.6 is 0 Å². The number of hydrogen-bond donors (Lipinski definition) is 0. The van der Waals surface area contributed by atoms with Crippen LogP contribution in [-0.2, 0) is 6.18 Å². The van der Waals surface area contributed by atoms with Gasteiger partial charge in [0, 0.05) is 32.7 Å². The molecule has 0 atom stereocenters. The Morgan fingerprint density at radius 2 is 1.71 bits per heavy atom. The van der Waals surface area contributed by atoms with E-state index in [-0.39, 0.29) is 5.69 Å². The Bertz CT molecular complexity index is 493. The highest BCUT2D eigenvalue weighted by Gasteiger charge is 2.36. The summed E-state index contributed by atoms with van der Waals surface area (Å²) in [5.41, 5.74) is -0.893. The van der Waals surface area contributed by atoms with Crippen molar-refractivity contribution in [3.8, 4) is 0 Å². The number of piperazine rings is 1. The third kappa shape index (κ3) is 3.64. The van der Waals surface area contributed by atoms with Crippen molar-refractivity contribution in [1.29, 1.82) is 0 Å². The number of aryl methyl sites for hydroxylation is 1. The Hall–Kier alpha value is -1.37. The third-order valence-electron chi connectivity index (χ3n) is 3.62. The van der Waals surface area contributed by atoms with Crippen LogP contribution in [0.25, 0.3) is 0 Å². The van der Waals surface area contributed by atoms with Gasteiger partial charge in [-0.15, -0.1) is 0 Å². The van der Waals surface area contributed by atoms with Gasteiger partial charge in [-0.05, 0) is 24.6 Å². The van der Waals surface area contributed by atoms with Gasteiger partial charge in [0.05, 0.1) is 11.3 Å². The molecule has 0 radical (unpaired) electrons. The molecule has 1 aliphatic heterocycles. The molecular formula is C14H17F5N2. The summed E-state index contributed by atoms with van der Waals surface area (Å²) < 4.78 is 64.9. The van der Waals surface area contributed by atoms with Gasteiger partial charge in [-0.1, -0.05) is 0 Å². The fourth-order valence-corrected chi connectivity index (χ4v) is 2.52. The zero-order valence-electron chi connectivity index (χ0n) is 11.7. The van der Waals surface area contributed by atoms with Crippen LogP contribution in [0, 0.1) is 12.7 Å². The predicted octanol–water partition coefficient (Wildman–Crippen LogP) is 3.24. The number of halogens is 5. The Labute approximate surface area is 120 Å². The zero-order valence-corrected chi connectivity index (χ0v) is 11.7. The van der Waals surface area contributed by atoms with Gasteiger partial charge in [0.1, 0.15) is 6.67 Å². The summed E-state index contributed by atoms with van der Waals surface area (Å²) in [4.78, 5) is 3.46. The number of alkyl halides is 4. The molecule has 1 heterocycles. The standard InChI is InChI=1S/C14H17F5N2/c1-10-8-11(14(17,18)19)13(16)12(9-10)21-6-4-20(3-2-15)5-7-21/h8-9H,2-7H2,1H3. The lowest BCUT2D eigenvalue weighted by Crippen LogP contribution is -2.47. The quantitative estimate of drug-likeness (QED) is 0.791. The molecule has 0 unspecified atom stereocenters. The lowest BCUT2D eigenvalue weighted by molar-refractivity contribution is -0.139. The minimum atomic E-state index is -4.71. The van der Waals surface area contributed by atoms with E-state index in [4.69, 9.17) is 0 Å². The van der Waals surface area contributed by atoms with Crippen molar-refractivity contribution in [2.75, 3.05) is 44.3 Å². The van der Waals surface area contributed by atoms with Gasteiger partial charge < -0.3 is 4.90 Å². The lowest BCUT2D eigenvalue weighted by Gasteiger charge is -2.36. The second kappa shape index (κ2) is 6.17. The summed E-state index contributed by atoms with van der Waals surface area (Å²) in [6, 6.07) is 2.24. The van der Waals surface area contributed by atoms with Gasteiger partial charge >= 0.3 is 6.18 Å². The van der Waals surface area contributed by atoms with Gasteiger partial charge in [-0.25, -0.2) is 8.78 Å².